The van der Waals surface area contributed by atoms with Crippen LogP contribution >= 0.6 is 0 Å². The third-order valence-corrected chi connectivity index (χ3v) is 5.75. The molecule has 2 aromatic rings. The highest BCUT2D eigenvalue weighted by atomic mass is 19.4. The molecule has 0 aliphatic rings. The first-order chi connectivity index (χ1) is 13.2. The van der Waals surface area contributed by atoms with Crippen LogP contribution in [0.1, 0.15) is 56.2 Å². The highest BCUT2D eigenvalue weighted by molar-refractivity contribution is 5.34. The lowest BCUT2D eigenvalue weighted by molar-refractivity contribution is -0.137. The summed E-state index contributed by atoms with van der Waals surface area (Å²) in [5.41, 5.74) is 12.9. The molecule has 2 rings (SSSR count). The Morgan fingerprint density at radius 3 is 2.04 bits per heavy atom. The average molecular weight is 393 g/mol. The summed E-state index contributed by atoms with van der Waals surface area (Å²) in [5.74, 6) is 0.0186. The molecule has 5 heteroatoms. The predicted octanol–water partition coefficient (Wildman–Crippen LogP) is 5.65. The molecule has 28 heavy (non-hydrogen) atoms. The van der Waals surface area contributed by atoms with Crippen LogP contribution < -0.4 is 11.5 Å². The van der Waals surface area contributed by atoms with Gasteiger partial charge in [-0.1, -0.05) is 75.2 Å². The van der Waals surface area contributed by atoms with Crippen LogP contribution in [0.4, 0.5) is 13.2 Å². The first-order valence-electron chi connectivity index (χ1n) is 9.90. The lowest BCUT2D eigenvalue weighted by Gasteiger charge is -2.42. The molecule has 0 radical (unpaired) electrons. The maximum absolute atomic E-state index is 13.2. The molecule has 0 aromatic heterocycles. The lowest BCUT2D eigenvalue weighted by atomic mass is 9.66. The Labute approximate surface area is 166 Å². The maximum Gasteiger partial charge on any atom is 0.416 e. The smallest absolute Gasteiger partial charge is 0.315 e. The zero-order valence-electron chi connectivity index (χ0n) is 16.7. The van der Waals surface area contributed by atoms with Crippen molar-refractivity contribution in [3.05, 3.63) is 71.3 Å². The fourth-order valence-electron chi connectivity index (χ4n) is 4.06. The van der Waals surface area contributed by atoms with Crippen LogP contribution in [0.5, 0.6) is 0 Å². The van der Waals surface area contributed by atoms with Crippen LogP contribution in [-0.2, 0) is 18.0 Å². The fourth-order valence-corrected chi connectivity index (χ4v) is 4.06. The first kappa shape index (κ1) is 22.4. The quantitative estimate of drug-likeness (QED) is 0.428. The van der Waals surface area contributed by atoms with E-state index >= 15 is 0 Å². The summed E-state index contributed by atoms with van der Waals surface area (Å²) in [5, 5.41) is 0. The number of nitrogens with two attached hydrogens (primary N) is 2. The second-order valence-corrected chi connectivity index (χ2v) is 7.85. The normalized spacial score (nSPS) is 14.5. The topological polar surface area (TPSA) is 52.0 Å². The summed E-state index contributed by atoms with van der Waals surface area (Å²) in [7, 11) is 0. The third kappa shape index (κ3) is 5.36. The van der Waals surface area contributed by atoms with Crippen molar-refractivity contribution in [1.29, 1.82) is 0 Å². The Bertz CT molecular complexity index is 716. The molecule has 0 heterocycles. The van der Waals surface area contributed by atoms with E-state index in [4.69, 9.17) is 11.5 Å². The van der Waals surface area contributed by atoms with Gasteiger partial charge in [-0.25, -0.2) is 0 Å². The van der Waals surface area contributed by atoms with Gasteiger partial charge >= 0.3 is 6.18 Å². The van der Waals surface area contributed by atoms with Crippen molar-refractivity contribution in [2.24, 2.45) is 17.4 Å². The van der Waals surface area contributed by atoms with Gasteiger partial charge < -0.3 is 11.5 Å². The van der Waals surface area contributed by atoms with Gasteiger partial charge in [0.2, 0.25) is 0 Å². The zero-order chi connectivity index (χ0) is 20.8. The molecule has 2 aromatic carbocycles. The number of rotatable bonds is 9. The van der Waals surface area contributed by atoms with Gasteiger partial charge in [0.05, 0.1) is 11.7 Å². The van der Waals surface area contributed by atoms with Gasteiger partial charge in [-0.05, 0) is 42.4 Å². The van der Waals surface area contributed by atoms with Crippen molar-refractivity contribution in [3.8, 4) is 0 Å². The molecular weight excluding hydrogens is 361 g/mol. The van der Waals surface area contributed by atoms with Crippen LogP contribution in [0.3, 0.4) is 0 Å². The van der Waals surface area contributed by atoms with E-state index in [0.29, 0.717) is 12.0 Å². The predicted molar refractivity (Wildman–Crippen MR) is 109 cm³/mol. The molecule has 2 nitrogen and oxygen atoms in total. The maximum atomic E-state index is 13.2. The Kier molecular flexibility index (Phi) is 7.67. The number of hydrogen-bond acceptors (Lipinski definition) is 2. The molecule has 1 unspecified atom stereocenters. The van der Waals surface area contributed by atoms with Crippen LogP contribution in [-0.4, -0.2) is 6.17 Å². The molecular formula is C23H31F3N2. The SMILES string of the molecule is CC(C)C(CCCCCc1ccccc1)(c1cccc(C(F)(F)F)c1)C(N)N. The van der Waals surface area contributed by atoms with Crippen LogP contribution in [0.2, 0.25) is 0 Å². The van der Waals surface area contributed by atoms with E-state index in [-0.39, 0.29) is 5.92 Å². The summed E-state index contributed by atoms with van der Waals surface area (Å²) < 4.78 is 39.6. The Balaban J connectivity index is 2.13. The van der Waals surface area contributed by atoms with E-state index in [1.54, 1.807) is 6.07 Å². The highest BCUT2D eigenvalue weighted by Gasteiger charge is 2.41. The highest BCUT2D eigenvalue weighted by Crippen LogP contribution is 2.41. The number of halogens is 3. The molecule has 0 fully saturated rings. The average Bonchev–Trinajstić information content (AvgIpc) is 2.64. The second-order valence-electron chi connectivity index (χ2n) is 7.85. The number of aryl methyl sites for hydroxylation is 1. The summed E-state index contributed by atoms with van der Waals surface area (Å²) in [6.07, 6.45) is -0.578. The molecule has 0 amide bonds. The van der Waals surface area contributed by atoms with E-state index in [2.05, 4.69) is 12.1 Å². The van der Waals surface area contributed by atoms with Crippen molar-refractivity contribution in [3.63, 3.8) is 0 Å². The number of hydrogen-bond donors (Lipinski definition) is 2. The van der Waals surface area contributed by atoms with Crippen LogP contribution in [0.25, 0.3) is 0 Å². The van der Waals surface area contributed by atoms with Crippen molar-refractivity contribution < 1.29 is 13.2 Å². The Hall–Kier alpha value is -1.85. The monoisotopic (exact) mass is 392 g/mol. The molecule has 0 spiro atoms. The second kappa shape index (κ2) is 9.57. The van der Waals surface area contributed by atoms with Gasteiger partial charge in [-0.2, -0.15) is 13.2 Å². The van der Waals surface area contributed by atoms with Crippen molar-refractivity contribution in [2.45, 2.75) is 63.7 Å². The van der Waals surface area contributed by atoms with Crippen molar-refractivity contribution >= 4 is 0 Å². The summed E-state index contributed by atoms with van der Waals surface area (Å²) >= 11 is 0. The minimum atomic E-state index is -4.38. The molecule has 0 aliphatic heterocycles. The van der Waals surface area contributed by atoms with Gasteiger partial charge in [-0.15, -0.1) is 0 Å². The number of alkyl halides is 3. The standard InChI is InChI=1S/C23H31F3N2/c1-17(2)22(21(27)28,19-13-9-14-20(16-19)23(24,25)26)15-8-4-7-12-18-10-5-3-6-11-18/h3,5-6,9-11,13-14,16-17,21H,4,7-8,12,15,27-28H2,1-2H3. The van der Waals surface area contributed by atoms with Gasteiger partial charge in [0.15, 0.2) is 0 Å². The van der Waals surface area contributed by atoms with Gasteiger partial charge in [0.25, 0.3) is 0 Å². The van der Waals surface area contributed by atoms with E-state index in [0.717, 1.165) is 31.7 Å². The molecule has 4 N–H and O–H groups in total. The van der Waals surface area contributed by atoms with Crippen LogP contribution in [0, 0.1) is 5.92 Å². The molecule has 0 bridgehead atoms. The third-order valence-electron chi connectivity index (χ3n) is 5.75. The fraction of sp³-hybridized carbons (Fsp3) is 0.478. The van der Waals surface area contributed by atoms with Gasteiger partial charge in [0.1, 0.15) is 0 Å². The largest absolute Gasteiger partial charge is 0.416 e. The van der Waals surface area contributed by atoms with Gasteiger partial charge in [0, 0.05) is 5.41 Å². The number of unbranched alkanes of at least 4 members (excludes halogenated alkanes) is 2. The first-order valence-corrected chi connectivity index (χ1v) is 9.90. The molecule has 0 aliphatic carbocycles. The summed E-state index contributed by atoms with van der Waals surface area (Å²) in [6.45, 7) is 3.97. The van der Waals surface area contributed by atoms with Gasteiger partial charge in [-0.3, -0.25) is 0 Å². The van der Waals surface area contributed by atoms with E-state index in [9.17, 15) is 13.2 Å². The van der Waals surface area contributed by atoms with Crippen LogP contribution in [0.15, 0.2) is 54.6 Å². The van der Waals surface area contributed by atoms with E-state index in [1.165, 1.54) is 17.7 Å². The Morgan fingerprint density at radius 1 is 0.821 bits per heavy atom. The summed E-state index contributed by atoms with van der Waals surface area (Å²) in [6, 6.07) is 15.8. The molecule has 0 saturated heterocycles. The zero-order valence-corrected chi connectivity index (χ0v) is 16.7. The minimum Gasteiger partial charge on any atom is -0.315 e. The van der Waals surface area contributed by atoms with Crippen molar-refractivity contribution in [2.75, 3.05) is 0 Å². The van der Waals surface area contributed by atoms with Crippen molar-refractivity contribution in [1.82, 2.24) is 0 Å². The molecule has 154 valence electrons. The minimum absolute atomic E-state index is 0.0186. The van der Waals surface area contributed by atoms with E-state index in [1.807, 2.05) is 32.0 Å². The lowest BCUT2D eigenvalue weighted by Crippen LogP contribution is -2.54. The van der Waals surface area contributed by atoms with E-state index < -0.39 is 23.3 Å². The molecule has 1 atom stereocenters. The summed E-state index contributed by atoms with van der Waals surface area (Å²) in [4.78, 5) is 0. The Morgan fingerprint density at radius 2 is 1.46 bits per heavy atom. The molecule has 0 saturated carbocycles. The number of benzene rings is 2.